The monoisotopic (exact) mass is 627 g/mol. The van der Waals surface area contributed by atoms with E-state index in [0.29, 0.717) is 36.5 Å². The molecule has 15 heteroatoms. The fourth-order valence-corrected chi connectivity index (χ4v) is 5.48. The van der Waals surface area contributed by atoms with E-state index in [4.69, 9.17) is 16.3 Å². The van der Waals surface area contributed by atoms with Gasteiger partial charge in [0.2, 0.25) is 5.82 Å². The Kier molecular flexibility index (Phi) is 9.59. The molecule has 43 heavy (non-hydrogen) atoms. The normalized spacial score (nSPS) is 18.8. The van der Waals surface area contributed by atoms with Crippen LogP contribution in [0.2, 0.25) is 5.02 Å². The Morgan fingerprint density at radius 1 is 1.05 bits per heavy atom. The van der Waals surface area contributed by atoms with Gasteiger partial charge in [0, 0.05) is 82.0 Å². The average Bonchev–Trinajstić information content (AvgIpc) is 2.98. The first-order chi connectivity index (χ1) is 20.5. The summed E-state index contributed by atoms with van der Waals surface area (Å²) < 4.78 is 72.2. The fraction of sp³-hybridized carbons (Fsp3) is 0.500. The van der Waals surface area contributed by atoms with Crippen molar-refractivity contribution < 1.29 is 31.5 Å². The van der Waals surface area contributed by atoms with Gasteiger partial charge in [0.1, 0.15) is 5.82 Å². The van der Waals surface area contributed by atoms with Crippen LogP contribution in [0, 0.1) is 0 Å². The Hall–Kier alpha value is -3.20. The lowest BCUT2D eigenvalue weighted by molar-refractivity contribution is -0.145. The number of likely N-dealkylation sites (tertiary alicyclic amines) is 1. The Balaban J connectivity index is 1.30. The molecular weight excluding hydrogens is 597 g/mol. The molecule has 2 aromatic heterocycles. The number of benzene rings is 1. The molecule has 0 bridgehead atoms. The van der Waals surface area contributed by atoms with Crippen molar-refractivity contribution >= 4 is 34.2 Å². The number of aromatic nitrogens is 3. The van der Waals surface area contributed by atoms with E-state index < -0.39 is 42.7 Å². The summed E-state index contributed by atoms with van der Waals surface area (Å²) in [5.41, 5.74) is 0.980. The van der Waals surface area contributed by atoms with Gasteiger partial charge in [-0.25, -0.2) is 23.7 Å². The smallest absolute Gasteiger partial charge is 0.379 e. The van der Waals surface area contributed by atoms with Gasteiger partial charge in [-0.05, 0) is 24.3 Å². The summed E-state index contributed by atoms with van der Waals surface area (Å²) in [6.45, 7) is 4.55. The number of piperidine rings is 1. The second-order valence-corrected chi connectivity index (χ2v) is 10.9. The molecule has 2 fully saturated rings. The van der Waals surface area contributed by atoms with E-state index in [2.05, 4.69) is 30.5 Å². The molecule has 0 spiro atoms. The molecule has 2 aliphatic rings. The van der Waals surface area contributed by atoms with Crippen LogP contribution < -0.4 is 10.6 Å². The number of alkyl halides is 5. The minimum absolute atomic E-state index is 0.0190. The molecule has 3 aromatic rings. The van der Waals surface area contributed by atoms with Crippen molar-refractivity contribution in [3.63, 3.8) is 0 Å². The van der Waals surface area contributed by atoms with Gasteiger partial charge in [-0.2, -0.15) is 13.2 Å². The van der Waals surface area contributed by atoms with Gasteiger partial charge < -0.3 is 15.4 Å². The molecule has 0 saturated carbocycles. The van der Waals surface area contributed by atoms with Crippen LogP contribution in [0.25, 0.3) is 10.9 Å². The van der Waals surface area contributed by atoms with Crippen molar-refractivity contribution in [2.45, 2.75) is 31.0 Å². The number of fused-ring (bicyclic) bond motifs is 1. The third-order valence-corrected chi connectivity index (χ3v) is 7.94. The molecule has 2 N–H and O–H groups in total. The zero-order chi connectivity index (χ0) is 30.6. The summed E-state index contributed by atoms with van der Waals surface area (Å²) in [4.78, 5) is 28.9. The van der Waals surface area contributed by atoms with Crippen molar-refractivity contribution in [2.75, 3.05) is 64.3 Å². The number of halogens is 6. The summed E-state index contributed by atoms with van der Waals surface area (Å²) in [5.74, 6) is -4.04. The lowest BCUT2D eigenvalue weighted by Gasteiger charge is -2.37. The van der Waals surface area contributed by atoms with Crippen LogP contribution in [0.5, 0.6) is 0 Å². The summed E-state index contributed by atoms with van der Waals surface area (Å²) in [6.07, 6.45) is -3.53. The number of ether oxygens (including phenoxy) is 1. The minimum atomic E-state index is -4.73. The zero-order valence-corrected chi connectivity index (χ0v) is 23.9. The molecule has 1 amide bonds. The van der Waals surface area contributed by atoms with Gasteiger partial charge in [-0.15, -0.1) is 0 Å². The number of carbonyl (C=O) groups is 1. The second kappa shape index (κ2) is 13.2. The molecule has 1 unspecified atom stereocenters. The van der Waals surface area contributed by atoms with E-state index in [1.54, 1.807) is 29.2 Å². The Labute approximate surface area is 249 Å². The van der Waals surface area contributed by atoms with Crippen LogP contribution in [0.4, 0.5) is 27.8 Å². The molecular formula is C28H31ClF5N7O2. The number of hydrogen-bond acceptors (Lipinski definition) is 8. The molecule has 2 saturated heterocycles. The number of hydrogen-bond donors (Lipinski definition) is 2. The van der Waals surface area contributed by atoms with E-state index in [0.717, 1.165) is 32.0 Å². The molecule has 0 radical (unpaired) electrons. The standard InChI is InChI=1S/C28H31ClF5N7O2/c29-20-2-3-21-19(1-4-23(39-21)35-7-10-40-11-13-43-14-12-40)24(20)25(42)36-17-22(41-8-5-27(30,31)6-9-41)18-15-37-26(38-16-18)28(32,33)34/h1-4,15-16,22H,5-14,17H2,(H,35,39)(H,36,42). The number of nitrogens with one attached hydrogen (secondary N) is 2. The number of anilines is 1. The van der Waals surface area contributed by atoms with Crippen LogP contribution in [-0.4, -0.2) is 95.6 Å². The van der Waals surface area contributed by atoms with Crippen molar-refractivity contribution in [2.24, 2.45) is 0 Å². The van der Waals surface area contributed by atoms with E-state index in [1.165, 1.54) is 0 Å². The summed E-state index contributed by atoms with van der Waals surface area (Å²) in [7, 11) is 0. The maximum atomic E-state index is 13.9. The average molecular weight is 628 g/mol. The summed E-state index contributed by atoms with van der Waals surface area (Å²) in [5, 5.41) is 6.78. The maximum Gasteiger partial charge on any atom is 0.451 e. The molecule has 2 aliphatic heterocycles. The highest BCUT2D eigenvalue weighted by Gasteiger charge is 2.38. The van der Waals surface area contributed by atoms with Crippen LogP contribution in [0.15, 0.2) is 36.7 Å². The number of pyridine rings is 1. The zero-order valence-electron chi connectivity index (χ0n) is 23.1. The highest BCUT2D eigenvalue weighted by molar-refractivity contribution is 6.35. The van der Waals surface area contributed by atoms with Gasteiger partial charge in [0.05, 0.1) is 35.4 Å². The molecule has 232 valence electrons. The van der Waals surface area contributed by atoms with Crippen molar-refractivity contribution in [1.29, 1.82) is 0 Å². The maximum absolute atomic E-state index is 13.9. The molecule has 4 heterocycles. The summed E-state index contributed by atoms with van der Waals surface area (Å²) >= 11 is 6.44. The second-order valence-electron chi connectivity index (χ2n) is 10.5. The number of nitrogens with zero attached hydrogens (tertiary/aromatic N) is 5. The first-order valence-corrected chi connectivity index (χ1v) is 14.3. The van der Waals surface area contributed by atoms with Crippen LogP contribution >= 0.6 is 11.6 Å². The first-order valence-electron chi connectivity index (χ1n) is 13.9. The lowest BCUT2D eigenvalue weighted by Crippen LogP contribution is -2.45. The fourth-order valence-electron chi connectivity index (χ4n) is 5.23. The highest BCUT2D eigenvalue weighted by Crippen LogP contribution is 2.33. The van der Waals surface area contributed by atoms with Crippen LogP contribution in [-0.2, 0) is 10.9 Å². The van der Waals surface area contributed by atoms with E-state index >= 15 is 0 Å². The van der Waals surface area contributed by atoms with Crippen molar-refractivity contribution in [3.05, 3.63) is 58.6 Å². The predicted octanol–water partition coefficient (Wildman–Crippen LogP) is 4.64. The SMILES string of the molecule is O=C(NCC(c1cnc(C(F)(F)F)nc1)N1CCC(F)(F)CC1)c1c(Cl)ccc2nc(NCCN3CCOCC3)ccc12. The number of carbonyl (C=O) groups excluding carboxylic acids is 1. The van der Waals surface area contributed by atoms with Crippen LogP contribution in [0.3, 0.4) is 0 Å². The quantitative estimate of drug-likeness (QED) is 0.332. The number of amides is 1. The number of morpholine rings is 1. The molecule has 9 nitrogen and oxygen atoms in total. The van der Waals surface area contributed by atoms with E-state index in [-0.39, 0.29) is 35.8 Å². The third-order valence-electron chi connectivity index (χ3n) is 7.62. The van der Waals surface area contributed by atoms with Gasteiger partial charge in [0.15, 0.2) is 0 Å². The Bertz CT molecular complexity index is 1410. The summed E-state index contributed by atoms with van der Waals surface area (Å²) in [6, 6.07) is 6.03. The Morgan fingerprint density at radius 3 is 2.42 bits per heavy atom. The van der Waals surface area contributed by atoms with Crippen LogP contribution in [0.1, 0.15) is 40.6 Å². The lowest BCUT2D eigenvalue weighted by atomic mass is 10.0. The third kappa shape index (κ3) is 7.85. The van der Waals surface area contributed by atoms with Gasteiger partial charge in [-0.1, -0.05) is 11.6 Å². The molecule has 1 aromatic carbocycles. The molecule has 0 aliphatic carbocycles. The predicted molar refractivity (Wildman–Crippen MR) is 150 cm³/mol. The van der Waals surface area contributed by atoms with Crippen molar-refractivity contribution in [1.82, 2.24) is 30.1 Å². The molecule has 5 rings (SSSR count). The van der Waals surface area contributed by atoms with E-state index in [9.17, 15) is 26.7 Å². The first kappa shape index (κ1) is 31.2. The number of rotatable bonds is 9. The Morgan fingerprint density at radius 2 is 1.74 bits per heavy atom. The highest BCUT2D eigenvalue weighted by atomic mass is 35.5. The topological polar surface area (TPSA) is 95.5 Å². The van der Waals surface area contributed by atoms with E-state index in [1.807, 2.05) is 0 Å². The van der Waals surface area contributed by atoms with Gasteiger partial charge in [-0.3, -0.25) is 14.6 Å². The molecule has 1 atom stereocenters. The largest absolute Gasteiger partial charge is 0.451 e. The minimum Gasteiger partial charge on any atom is -0.379 e. The van der Waals surface area contributed by atoms with Gasteiger partial charge >= 0.3 is 6.18 Å². The van der Waals surface area contributed by atoms with Gasteiger partial charge in [0.25, 0.3) is 11.8 Å². The van der Waals surface area contributed by atoms with Crippen molar-refractivity contribution in [3.8, 4) is 0 Å².